The van der Waals surface area contributed by atoms with E-state index < -0.39 is 17.7 Å². The number of rotatable bonds is 15. The minimum absolute atomic E-state index is 0.0495. The van der Waals surface area contributed by atoms with Crippen molar-refractivity contribution in [3.63, 3.8) is 0 Å². The molecule has 0 radical (unpaired) electrons. The minimum Gasteiger partial charge on any atom is -0.445 e. The summed E-state index contributed by atoms with van der Waals surface area (Å²) >= 11 is 0. The van der Waals surface area contributed by atoms with Crippen LogP contribution in [0.25, 0.3) is 11.5 Å². The van der Waals surface area contributed by atoms with Crippen LogP contribution in [0.1, 0.15) is 91.6 Å². The third-order valence-corrected chi connectivity index (χ3v) is 8.19. The molecule has 3 aromatic rings. The lowest BCUT2D eigenvalue weighted by Crippen LogP contribution is -2.50. The maximum Gasteiger partial charge on any atom is 0.254 e. The van der Waals surface area contributed by atoms with E-state index in [1.807, 2.05) is 31.7 Å². The van der Waals surface area contributed by atoms with Gasteiger partial charge in [0.15, 0.2) is 0 Å². The van der Waals surface area contributed by atoms with Crippen molar-refractivity contribution >= 4 is 11.8 Å². The van der Waals surface area contributed by atoms with E-state index in [1.54, 1.807) is 23.1 Å². The number of benzene rings is 2. The number of amides is 2. The molecule has 8 heteroatoms. The first-order chi connectivity index (χ1) is 20.6. The number of hydrogen-bond donors (Lipinski definition) is 2. The third-order valence-electron chi connectivity index (χ3n) is 8.19. The summed E-state index contributed by atoms with van der Waals surface area (Å²) in [6.45, 7) is 13.3. The Morgan fingerprint density at radius 1 is 1.07 bits per heavy atom. The van der Waals surface area contributed by atoms with E-state index >= 15 is 0 Å². The molecule has 1 aliphatic carbocycles. The molecule has 4 rings (SSSR count). The van der Waals surface area contributed by atoms with E-state index in [0.29, 0.717) is 42.1 Å². The normalized spacial score (nSPS) is 15.0. The van der Waals surface area contributed by atoms with Gasteiger partial charge in [-0.05, 0) is 74.8 Å². The zero-order valence-corrected chi connectivity index (χ0v) is 26.0. The predicted octanol–water partition coefficient (Wildman–Crippen LogP) is 5.95. The summed E-state index contributed by atoms with van der Waals surface area (Å²) in [4.78, 5) is 36.3. The highest BCUT2D eigenvalue weighted by Gasteiger charge is 2.52. The van der Waals surface area contributed by atoms with Crippen LogP contribution in [0, 0.1) is 0 Å². The number of oxazole rings is 1. The van der Waals surface area contributed by atoms with Crippen LogP contribution < -0.4 is 5.73 Å². The molecule has 2 amide bonds. The summed E-state index contributed by atoms with van der Waals surface area (Å²) in [5.74, 6) is -0.0907. The molecule has 1 aromatic heterocycles. The van der Waals surface area contributed by atoms with Crippen molar-refractivity contribution in [3.05, 3.63) is 89.3 Å². The Kier molecular flexibility index (Phi) is 10.6. The van der Waals surface area contributed by atoms with Gasteiger partial charge in [0.25, 0.3) is 11.8 Å². The van der Waals surface area contributed by atoms with Gasteiger partial charge in [0.05, 0.1) is 17.8 Å². The highest BCUT2D eigenvalue weighted by atomic mass is 16.3. The molecular weight excluding hydrogens is 540 g/mol. The SMILES string of the molecule is C=C(C)CC(N)C(O)CN(C(=O)c1cc(C(=O)N(CCC)CCC)cc(-c2ncco2)c1)C1(c2cccc(CC)c2)CC1. The average Bonchev–Trinajstić information content (AvgIpc) is 3.62. The monoisotopic (exact) mass is 586 g/mol. The minimum atomic E-state index is -0.965. The molecule has 3 N–H and O–H groups in total. The largest absolute Gasteiger partial charge is 0.445 e. The quantitative estimate of drug-likeness (QED) is 0.213. The van der Waals surface area contributed by atoms with E-state index in [9.17, 15) is 14.7 Å². The van der Waals surface area contributed by atoms with E-state index in [1.165, 1.54) is 18.0 Å². The highest BCUT2D eigenvalue weighted by Crippen LogP contribution is 2.52. The fourth-order valence-corrected chi connectivity index (χ4v) is 5.78. The first-order valence-corrected chi connectivity index (χ1v) is 15.5. The van der Waals surface area contributed by atoms with Gasteiger partial charge in [-0.1, -0.05) is 50.6 Å². The Morgan fingerprint density at radius 2 is 1.74 bits per heavy atom. The van der Waals surface area contributed by atoms with Gasteiger partial charge in [-0.2, -0.15) is 0 Å². The van der Waals surface area contributed by atoms with E-state index in [-0.39, 0.29) is 18.4 Å². The lowest BCUT2D eigenvalue weighted by atomic mass is 9.95. The van der Waals surface area contributed by atoms with E-state index in [4.69, 9.17) is 10.2 Å². The van der Waals surface area contributed by atoms with Crippen molar-refractivity contribution < 1.29 is 19.1 Å². The van der Waals surface area contributed by atoms with Gasteiger partial charge < -0.3 is 25.1 Å². The topological polar surface area (TPSA) is 113 Å². The second-order valence-electron chi connectivity index (χ2n) is 11.8. The lowest BCUT2D eigenvalue weighted by Gasteiger charge is -2.36. The molecule has 0 aliphatic heterocycles. The molecule has 1 fully saturated rings. The van der Waals surface area contributed by atoms with Crippen LogP contribution in [-0.2, 0) is 12.0 Å². The summed E-state index contributed by atoms with van der Waals surface area (Å²) in [6.07, 6.45) is 6.55. The molecule has 2 aromatic carbocycles. The maximum absolute atomic E-state index is 14.6. The Hall–Kier alpha value is -3.75. The van der Waals surface area contributed by atoms with Crippen molar-refractivity contribution in [2.75, 3.05) is 19.6 Å². The molecule has 1 aliphatic rings. The number of aryl methyl sites for hydroxylation is 1. The van der Waals surface area contributed by atoms with Crippen LogP contribution in [0.15, 0.2) is 71.5 Å². The van der Waals surface area contributed by atoms with Crippen LogP contribution in [0.2, 0.25) is 0 Å². The molecule has 230 valence electrons. The standard InChI is InChI=1S/C35H46N4O4/c1-6-15-38(16-7-2)33(41)27-20-26(32-37-14-17-43-32)21-28(22-27)34(42)39(23-31(40)30(36)18-24(4)5)35(12-13-35)29-11-9-10-25(8-3)19-29/h9-11,14,17,19-22,30-31,40H,4,6-8,12-13,15-16,18,23,36H2,1-3,5H3. The zero-order valence-electron chi connectivity index (χ0n) is 26.0. The van der Waals surface area contributed by atoms with Crippen molar-refractivity contribution in [1.29, 1.82) is 0 Å². The van der Waals surface area contributed by atoms with Gasteiger partial charge >= 0.3 is 0 Å². The van der Waals surface area contributed by atoms with Crippen molar-refractivity contribution in [3.8, 4) is 11.5 Å². The number of nitrogens with zero attached hydrogens (tertiary/aromatic N) is 3. The zero-order chi connectivity index (χ0) is 31.1. The first-order valence-electron chi connectivity index (χ1n) is 15.5. The number of nitrogens with two attached hydrogens (primary N) is 1. The Labute approximate surface area is 255 Å². The Balaban J connectivity index is 1.81. The second kappa shape index (κ2) is 14.1. The number of aliphatic hydroxyl groups is 1. The molecule has 1 saturated carbocycles. The fourth-order valence-electron chi connectivity index (χ4n) is 5.78. The lowest BCUT2D eigenvalue weighted by molar-refractivity contribution is 0.0409. The molecule has 8 nitrogen and oxygen atoms in total. The van der Waals surface area contributed by atoms with Crippen molar-refractivity contribution in [2.45, 2.75) is 83.9 Å². The van der Waals surface area contributed by atoms with Gasteiger partial charge in [-0.25, -0.2) is 4.98 Å². The van der Waals surface area contributed by atoms with Crippen molar-refractivity contribution in [1.82, 2.24) is 14.8 Å². The number of aliphatic hydroxyl groups excluding tert-OH is 1. The summed E-state index contributed by atoms with van der Waals surface area (Å²) in [6, 6.07) is 12.9. The smallest absolute Gasteiger partial charge is 0.254 e. The molecule has 2 unspecified atom stereocenters. The third kappa shape index (κ3) is 7.43. The average molecular weight is 587 g/mol. The summed E-state index contributed by atoms with van der Waals surface area (Å²) < 4.78 is 5.59. The summed E-state index contributed by atoms with van der Waals surface area (Å²) in [5, 5.41) is 11.3. The molecule has 43 heavy (non-hydrogen) atoms. The van der Waals surface area contributed by atoms with Crippen LogP contribution in [0.5, 0.6) is 0 Å². The van der Waals surface area contributed by atoms with Crippen LogP contribution in [0.4, 0.5) is 0 Å². The Bertz CT molecular complexity index is 1410. The van der Waals surface area contributed by atoms with Gasteiger partial charge in [-0.15, -0.1) is 6.58 Å². The van der Waals surface area contributed by atoms with Crippen molar-refractivity contribution in [2.24, 2.45) is 5.73 Å². The highest BCUT2D eigenvalue weighted by molar-refractivity contribution is 6.01. The van der Waals surface area contributed by atoms with Crippen LogP contribution in [-0.4, -0.2) is 63.5 Å². The fraction of sp³-hybridized carbons (Fsp3) is 0.457. The van der Waals surface area contributed by atoms with Gasteiger partial charge in [0.1, 0.15) is 6.26 Å². The molecule has 0 bridgehead atoms. The first kappa shape index (κ1) is 32.2. The number of carbonyl (C=O) groups excluding carboxylic acids is 2. The second-order valence-corrected chi connectivity index (χ2v) is 11.8. The number of aromatic nitrogens is 1. The summed E-state index contributed by atoms with van der Waals surface area (Å²) in [7, 11) is 0. The predicted molar refractivity (Wildman–Crippen MR) is 170 cm³/mol. The summed E-state index contributed by atoms with van der Waals surface area (Å²) in [5.41, 5.74) is 10.2. The molecule has 2 atom stereocenters. The van der Waals surface area contributed by atoms with E-state index in [0.717, 1.165) is 43.2 Å². The molecular formula is C35H46N4O4. The maximum atomic E-state index is 14.6. The van der Waals surface area contributed by atoms with Gasteiger partial charge in [0.2, 0.25) is 5.89 Å². The molecule has 1 heterocycles. The molecule has 0 spiro atoms. The van der Waals surface area contributed by atoms with Gasteiger partial charge in [0, 0.05) is 42.4 Å². The number of carbonyl (C=O) groups is 2. The van der Waals surface area contributed by atoms with Crippen LogP contribution in [0.3, 0.4) is 0 Å². The van der Waals surface area contributed by atoms with Gasteiger partial charge in [-0.3, -0.25) is 9.59 Å². The van der Waals surface area contributed by atoms with E-state index in [2.05, 4.69) is 36.7 Å². The van der Waals surface area contributed by atoms with Crippen LogP contribution >= 0.6 is 0 Å². The number of hydrogen-bond acceptors (Lipinski definition) is 6. The Morgan fingerprint density at radius 3 is 2.30 bits per heavy atom. The molecule has 0 saturated heterocycles.